The highest BCUT2D eigenvalue weighted by atomic mass is 16.2. The normalized spacial score (nSPS) is 16.9. The highest BCUT2D eigenvalue weighted by Gasteiger charge is 2.28. The zero-order valence-corrected chi connectivity index (χ0v) is 15.0. The molecule has 0 radical (unpaired) electrons. The Labute approximate surface area is 158 Å². The second kappa shape index (κ2) is 7.99. The van der Waals surface area contributed by atoms with Crippen molar-refractivity contribution < 1.29 is 4.79 Å². The first kappa shape index (κ1) is 17.2. The smallest absolute Gasteiger partial charge is 0.316 e. The summed E-state index contributed by atoms with van der Waals surface area (Å²) in [5, 5.41) is 7.17. The van der Waals surface area contributed by atoms with Crippen LogP contribution in [0.3, 0.4) is 0 Å². The van der Waals surface area contributed by atoms with Gasteiger partial charge in [0.1, 0.15) is 12.7 Å². The molecular weight excluding hydrogens is 340 g/mol. The van der Waals surface area contributed by atoms with Gasteiger partial charge in [-0.3, -0.25) is 4.98 Å². The predicted octanol–water partition coefficient (Wildman–Crippen LogP) is 3.48. The monoisotopic (exact) mass is 362 g/mol. The number of hydrogen-bond acceptors (Lipinski definition) is 4. The molecule has 1 aliphatic rings. The van der Waals surface area contributed by atoms with Gasteiger partial charge in [0.15, 0.2) is 0 Å². The molecule has 3 aromatic rings. The van der Waals surface area contributed by atoms with Crippen molar-refractivity contribution in [3.8, 4) is 0 Å². The minimum atomic E-state index is -0.0803. The van der Waals surface area contributed by atoms with Gasteiger partial charge in [-0.05, 0) is 49.1 Å². The number of carbonyl (C=O) groups is 1. The highest BCUT2D eigenvalue weighted by molar-refractivity contribution is 5.89. The molecule has 3 heterocycles. The van der Waals surface area contributed by atoms with Gasteiger partial charge in [0.2, 0.25) is 0 Å². The third kappa shape index (κ3) is 4.13. The number of amides is 2. The first-order valence-electron chi connectivity index (χ1n) is 9.19. The summed E-state index contributed by atoms with van der Waals surface area (Å²) in [5.74, 6) is 0. The number of hydrogen-bond donors (Lipinski definition) is 1. The molecular formula is C20H22N6O. The maximum Gasteiger partial charge on any atom is 0.322 e. The van der Waals surface area contributed by atoms with Crippen molar-refractivity contribution in [3.63, 3.8) is 0 Å². The standard InChI is InChI=1S/C20H22N6O/c27-20(26-11-4-2-9-19(26)18-8-1-3-10-22-18)24-17-7-5-6-16(12-17)13-25-15-21-14-23-25/h1,3,5-8,10,12,14-15,19H,2,4,9,11,13H2,(H,24,27)/t19-/m1/s1. The number of carbonyl (C=O) groups excluding carboxylic acids is 1. The SMILES string of the molecule is O=C(Nc1cccc(Cn2cncn2)c1)N1CCCC[C@@H]1c1ccccn1. The average Bonchev–Trinajstić information content (AvgIpc) is 3.22. The Morgan fingerprint density at radius 3 is 2.96 bits per heavy atom. The van der Waals surface area contributed by atoms with Crippen LogP contribution < -0.4 is 5.32 Å². The van der Waals surface area contributed by atoms with E-state index in [1.165, 1.54) is 6.33 Å². The summed E-state index contributed by atoms with van der Waals surface area (Å²) in [4.78, 5) is 23.3. The Bertz CT molecular complexity index is 881. The number of nitrogens with one attached hydrogen (secondary N) is 1. The van der Waals surface area contributed by atoms with Gasteiger partial charge >= 0.3 is 6.03 Å². The van der Waals surface area contributed by atoms with Gasteiger partial charge in [0, 0.05) is 18.4 Å². The molecule has 1 saturated heterocycles. The first-order chi connectivity index (χ1) is 13.3. The number of anilines is 1. The largest absolute Gasteiger partial charge is 0.322 e. The lowest BCUT2D eigenvalue weighted by Gasteiger charge is -2.35. The van der Waals surface area contributed by atoms with Crippen LogP contribution in [0.25, 0.3) is 0 Å². The lowest BCUT2D eigenvalue weighted by atomic mass is 9.99. The molecule has 2 amide bonds. The van der Waals surface area contributed by atoms with Crippen LogP contribution in [0, 0.1) is 0 Å². The van der Waals surface area contributed by atoms with E-state index in [0.717, 1.165) is 42.8 Å². The van der Waals surface area contributed by atoms with E-state index in [9.17, 15) is 4.79 Å². The second-order valence-corrected chi connectivity index (χ2v) is 6.68. The van der Waals surface area contributed by atoms with Crippen molar-refractivity contribution >= 4 is 11.7 Å². The maximum atomic E-state index is 12.9. The second-order valence-electron chi connectivity index (χ2n) is 6.68. The molecule has 1 aliphatic heterocycles. The molecule has 7 nitrogen and oxygen atoms in total. The van der Waals surface area contributed by atoms with E-state index in [-0.39, 0.29) is 12.1 Å². The number of benzene rings is 1. The van der Waals surface area contributed by atoms with Crippen molar-refractivity contribution in [1.29, 1.82) is 0 Å². The summed E-state index contributed by atoms with van der Waals surface area (Å²) in [7, 11) is 0. The molecule has 1 atom stereocenters. The van der Waals surface area contributed by atoms with Crippen LogP contribution in [0.15, 0.2) is 61.3 Å². The maximum absolute atomic E-state index is 12.9. The van der Waals surface area contributed by atoms with Crippen LogP contribution in [-0.2, 0) is 6.54 Å². The van der Waals surface area contributed by atoms with Gasteiger partial charge in [-0.15, -0.1) is 0 Å². The van der Waals surface area contributed by atoms with E-state index in [0.29, 0.717) is 6.54 Å². The Hall–Kier alpha value is -3.22. The fourth-order valence-electron chi connectivity index (χ4n) is 3.50. The van der Waals surface area contributed by atoms with Gasteiger partial charge in [0.05, 0.1) is 18.3 Å². The van der Waals surface area contributed by atoms with E-state index in [1.54, 1.807) is 17.2 Å². The lowest BCUT2D eigenvalue weighted by molar-refractivity contribution is 0.161. The van der Waals surface area contributed by atoms with Gasteiger partial charge in [-0.1, -0.05) is 18.2 Å². The number of nitrogens with zero attached hydrogens (tertiary/aromatic N) is 5. The fraction of sp³-hybridized carbons (Fsp3) is 0.300. The summed E-state index contributed by atoms with van der Waals surface area (Å²) in [5.41, 5.74) is 2.79. The minimum Gasteiger partial charge on any atom is -0.316 e. The van der Waals surface area contributed by atoms with Crippen molar-refractivity contribution in [2.45, 2.75) is 31.8 Å². The molecule has 0 spiro atoms. The molecule has 1 N–H and O–H groups in total. The Balaban J connectivity index is 1.47. The summed E-state index contributed by atoms with van der Waals surface area (Å²) in [6.45, 7) is 1.36. The number of urea groups is 1. The Morgan fingerprint density at radius 1 is 1.19 bits per heavy atom. The topological polar surface area (TPSA) is 75.9 Å². The highest BCUT2D eigenvalue weighted by Crippen LogP contribution is 2.30. The summed E-state index contributed by atoms with van der Waals surface area (Å²) < 4.78 is 1.75. The van der Waals surface area contributed by atoms with Crippen LogP contribution in [0.5, 0.6) is 0 Å². The molecule has 1 aromatic carbocycles. The molecule has 4 rings (SSSR count). The Morgan fingerprint density at radius 2 is 2.15 bits per heavy atom. The molecule has 0 unspecified atom stereocenters. The fourth-order valence-corrected chi connectivity index (χ4v) is 3.50. The number of rotatable bonds is 4. The summed E-state index contributed by atoms with van der Waals surface area (Å²) in [6, 6.07) is 13.6. The molecule has 2 aromatic heterocycles. The van der Waals surface area contributed by atoms with Gasteiger partial charge in [-0.25, -0.2) is 14.5 Å². The zero-order valence-electron chi connectivity index (χ0n) is 15.0. The molecule has 1 fully saturated rings. The summed E-state index contributed by atoms with van der Waals surface area (Å²) >= 11 is 0. The van der Waals surface area contributed by atoms with Crippen LogP contribution in [0.1, 0.15) is 36.6 Å². The van der Waals surface area contributed by atoms with E-state index in [2.05, 4.69) is 20.4 Å². The molecule has 0 saturated carbocycles. The Kier molecular flexibility index (Phi) is 5.09. The molecule has 0 aliphatic carbocycles. The van der Waals surface area contributed by atoms with Crippen molar-refractivity contribution in [1.82, 2.24) is 24.6 Å². The predicted molar refractivity (Wildman–Crippen MR) is 102 cm³/mol. The van der Waals surface area contributed by atoms with Crippen molar-refractivity contribution in [3.05, 3.63) is 72.6 Å². The summed E-state index contributed by atoms with van der Waals surface area (Å²) in [6.07, 6.45) is 8.04. The van der Waals surface area contributed by atoms with E-state index in [4.69, 9.17) is 0 Å². The van der Waals surface area contributed by atoms with Crippen LogP contribution in [0.2, 0.25) is 0 Å². The average molecular weight is 362 g/mol. The third-order valence-corrected chi connectivity index (χ3v) is 4.78. The minimum absolute atomic E-state index is 0.0262. The number of aromatic nitrogens is 4. The van der Waals surface area contributed by atoms with Gasteiger partial charge in [0.25, 0.3) is 0 Å². The van der Waals surface area contributed by atoms with Crippen molar-refractivity contribution in [2.24, 2.45) is 0 Å². The lowest BCUT2D eigenvalue weighted by Crippen LogP contribution is -2.41. The molecule has 0 bridgehead atoms. The number of piperidine rings is 1. The number of pyridine rings is 1. The van der Waals surface area contributed by atoms with Crippen LogP contribution in [0.4, 0.5) is 10.5 Å². The number of likely N-dealkylation sites (tertiary alicyclic amines) is 1. The van der Waals surface area contributed by atoms with Crippen molar-refractivity contribution in [2.75, 3.05) is 11.9 Å². The quantitative estimate of drug-likeness (QED) is 0.771. The van der Waals surface area contributed by atoms with E-state index >= 15 is 0 Å². The first-order valence-corrected chi connectivity index (χ1v) is 9.19. The third-order valence-electron chi connectivity index (χ3n) is 4.78. The molecule has 7 heteroatoms. The van der Waals surface area contributed by atoms with E-state index < -0.39 is 0 Å². The van der Waals surface area contributed by atoms with Crippen LogP contribution in [-0.4, -0.2) is 37.2 Å². The molecule has 138 valence electrons. The zero-order chi connectivity index (χ0) is 18.5. The van der Waals surface area contributed by atoms with Gasteiger partial charge < -0.3 is 10.2 Å². The van der Waals surface area contributed by atoms with Crippen LogP contribution >= 0.6 is 0 Å². The van der Waals surface area contributed by atoms with E-state index in [1.807, 2.05) is 47.4 Å². The van der Waals surface area contributed by atoms with Gasteiger partial charge in [-0.2, -0.15) is 5.10 Å². The molecule has 27 heavy (non-hydrogen) atoms.